The number of hydrogen-bond acceptors (Lipinski definition) is 5. The van der Waals surface area contributed by atoms with Crippen LogP contribution < -0.4 is 15.5 Å². The molecule has 2 N–H and O–H groups in total. The van der Waals surface area contributed by atoms with Gasteiger partial charge in [0.15, 0.2) is 0 Å². The molecule has 3 aromatic carbocycles. The Kier molecular flexibility index (Phi) is 7.67. The minimum absolute atomic E-state index is 0.163. The average molecular weight is 470 g/mol. The zero-order valence-corrected chi connectivity index (χ0v) is 19.8. The highest BCUT2D eigenvalue weighted by atomic mass is 19.1. The lowest BCUT2D eigenvalue weighted by molar-refractivity contribution is 0.0951. The fourth-order valence-electron chi connectivity index (χ4n) is 3.77. The van der Waals surface area contributed by atoms with Crippen molar-refractivity contribution in [2.75, 3.05) is 23.3 Å². The van der Waals surface area contributed by atoms with Gasteiger partial charge in [-0.05, 0) is 67.4 Å². The van der Waals surface area contributed by atoms with Crippen molar-refractivity contribution in [1.82, 2.24) is 15.3 Å². The number of nitrogens with zero attached hydrogens (tertiary/aromatic N) is 3. The first-order chi connectivity index (χ1) is 17.1. The summed E-state index contributed by atoms with van der Waals surface area (Å²) in [6, 6.07) is 21.7. The third-order valence-corrected chi connectivity index (χ3v) is 5.71. The molecule has 1 amide bonds. The van der Waals surface area contributed by atoms with Gasteiger partial charge >= 0.3 is 0 Å². The zero-order valence-electron chi connectivity index (χ0n) is 19.8. The van der Waals surface area contributed by atoms with E-state index >= 15 is 0 Å². The minimum atomic E-state index is -0.309. The Labute approximate surface area is 204 Å². The molecule has 0 bridgehead atoms. The van der Waals surface area contributed by atoms with Crippen molar-refractivity contribution < 1.29 is 9.18 Å². The second kappa shape index (κ2) is 11.2. The van der Waals surface area contributed by atoms with Gasteiger partial charge in [-0.1, -0.05) is 30.3 Å². The topological polar surface area (TPSA) is 70.2 Å². The molecule has 178 valence electrons. The van der Waals surface area contributed by atoms with E-state index in [2.05, 4.69) is 51.5 Å². The molecular weight excluding hydrogens is 441 g/mol. The normalized spacial score (nSPS) is 10.6. The number of carbonyl (C=O) groups excluding carboxylic acids is 1. The third-order valence-electron chi connectivity index (χ3n) is 5.71. The van der Waals surface area contributed by atoms with Crippen LogP contribution >= 0.6 is 0 Å². The van der Waals surface area contributed by atoms with E-state index in [0.717, 1.165) is 18.7 Å². The van der Waals surface area contributed by atoms with Crippen molar-refractivity contribution in [3.63, 3.8) is 0 Å². The summed E-state index contributed by atoms with van der Waals surface area (Å²) in [5.74, 6) is -0.0868. The van der Waals surface area contributed by atoms with Crippen LogP contribution in [0.1, 0.15) is 29.8 Å². The number of anilines is 3. The maximum absolute atomic E-state index is 13.5. The van der Waals surface area contributed by atoms with Crippen LogP contribution in [0, 0.1) is 5.82 Å². The van der Waals surface area contributed by atoms with Crippen molar-refractivity contribution >= 4 is 23.2 Å². The van der Waals surface area contributed by atoms with Gasteiger partial charge < -0.3 is 15.5 Å². The number of aromatic nitrogens is 2. The average Bonchev–Trinajstić information content (AvgIpc) is 2.89. The smallest absolute Gasteiger partial charge is 0.251 e. The molecule has 0 aliphatic carbocycles. The largest absolute Gasteiger partial charge is 0.372 e. The van der Waals surface area contributed by atoms with Crippen LogP contribution in [0.5, 0.6) is 0 Å². The van der Waals surface area contributed by atoms with Gasteiger partial charge in [0.2, 0.25) is 5.95 Å². The molecule has 0 fully saturated rings. The Morgan fingerprint density at radius 2 is 1.60 bits per heavy atom. The summed E-state index contributed by atoms with van der Waals surface area (Å²) in [6.07, 6.45) is 3.26. The van der Waals surface area contributed by atoms with Crippen molar-refractivity contribution in [3.05, 3.63) is 102 Å². The molecule has 7 heteroatoms. The lowest BCUT2D eigenvalue weighted by Gasteiger charge is -2.21. The molecule has 35 heavy (non-hydrogen) atoms. The van der Waals surface area contributed by atoms with Crippen LogP contribution in [0.3, 0.4) is 0 Å². The number of benzene rings is 3. The number of amides is 1. The van der Waals surface area contributed by atoms with Crippen LogP contribution in [-0.2, 0) is 6.54 Å². The lowest BCUT2D eigenvalue weighted by atomic mass is 10.1. The minimum Gasteiger partial charge on any atom is -0.372 e. The monoisotopic (exact) mass is 469 g/mol. The molecule has 0 saturated heterocycles. The van der Waals surface area contributed by atoms with E-state index in [4.69, 9.17) is 0 Å². The predicted octanol–water partition coefficient (Wildman–Crippen LogP) is 5.80. The summed E-state index contributed by atoms with van der Waals surface area (Å²) in [7, 11) is 0. The number of halogens is 1. The van der Waals surface area contributed by atoms with Gasteiger partial charge in [0.25, 0.3) is 5.91 Å². The van der Waals surface area contributed by atoms with E-state index in [9.17, 15) is 9.18 Å². The van der Waals surface area contributed by atoms with Crippen LogP contribution in [0.15, 0.2) is 85.2 Å². The second-order valence-corrected chi connectivity index (χ2v) is 8.03. The van der Waals surface area contributed by atoms with Gasteiger partial charge in [-0.25, -0.2) is 14.4 Å². The summed E-state index contributed by atoms with van der Waals surface area (Å²) in [6.45, 7) is 6.63. The summed E-state index contributed by atoms with van der Waals surface area (Å²) < 4.78 is 13.5. The summed E-state index contributed by atoms with van der Waals surface area (Å²) >= 11 is 0. The van der Waals surface area contributed by atoms with Crippen LogP contribution in [0.4, 0.5) is 21.7 Å². The molecule has 4 aromatic rings. The first kappa shape index (κ1) is 23.9. The van der Waals surface area contributed by atoms with E-state index in [-0.39, 0.29) is 11.7 Å². The lowest BCUT2D eigenvalue weighted by Crippen LogP contribution is -2.23. The first-order valence-electron chi connectivity index (χ1n) is 11.6. The summed E-state index contributed by atoms with van der Waals surface area (Å²) in [5, 5.41) is 6.08. The molecule has 0 radical (unpaired) electrons. The molecule has 0 spiro atoms. The maximum atomic E-state index is 13.5. The molecule has 0 aliphatic heterocycles. The first-order valence-corrected chi connectivity index (χ1v) is 11.6. The summed E-state index contributed by atoms with van der Waals surface area (Å²) in [5.41, 5.74) is 4.86. The van der Waals surface area contributed by atoms with Crippen molar-refractivity contribution in [1.29, 1.82) is 0 Å². The van der Waals surface area contributed by atoms with Gasteiger partial charge in [0.05, 0.1) is 0 Å². The molecule has 0 unspecified atom stereocenters. The van der Waals surface area contributed by atoms with E-state index in [1.165, 1.54) is 17.8 Å². The third kappa shape index (κ3) is 6.20. The van der Waals surface area contributed by atoms with Gasteiger partial charge in [0.1, 0.15) is 5.82 Å². The number of rotatable bonds is 9. The maximum Gasteiger partial charge on any atom is 0.251 e. The Hall–Kier alpha value is -4.26. The molecule has 0 saturated carbocycles. The van der Waals surface area contributed by atoms with Gasteiger partial charge in [-0.3, -0.25) is 4.79 Å². The van der Waals surface area contributed by atoms with Gasteiger partial charge in [-0.2, -0.15) is 0 Å². The molecular formula is C28H28FN5O. The standard InChI is InChI=1S/C28H28FN5O/c1-3-34(4-2)26-13-11-20(12-14-26)17-30-27(35)22-8-6-10-25(16-22)33-28-31-18-23(19-32-28)21-7-5-9-24(29)15-21/h5-16,18-19H,3-4,17H2,1-2H3,(H,30,35)(H,31,32,33). The van der Waals surface area contributed by atoms with Crippen LogP contribution in [0.2, 0.25) is 0 Å². The molecule has 6 nitrogen and oxygen atoms in total. The Morgan fingerprint density at radius 3 is 2.29 bits per heavy atom. The Morgan fingerprint density at radius 1 is 0.886 bits per heavy atom. The molecule has 1 aromatic heterocycles. The predicted molar refractivity (Wildman–Crippen MR) is 138 cm³/mol. The van der Waals surface area contributed by atoms with Gasteiger partial charge in [0, 0.05) is 54.5 Å². The Balaban J connectivity index is 1.36. The molecule has 4 rings (SSSR count). The van der Waals surface area contributed by atoms with Crippen molar-refractivity contribution in [2.45, 2.75) is 20.4 Å². The SMILES string of the molecule is CCN(CC)c1ccc(CNC(=O)c2cccc(Nc3ncc(-c4cccc(F)c4)cn3)c2)cc1. The van der Waals surface area contributed by atoms with E-state index in [1.54, 1.807) is 42.7 Å². The van der Waals surface area contributed by atoms with Crippen molar-refractivity contribution in [3.8, 4) is 11.1 Å². The van der Waals surface area contributed by atoms with Crippen LogP contribution in [0.25, 0.3) is 11.1 Å². The fourth-order valence-corrected chi connectivity index (χ4v) is 3.77. The van der Waals surface area contributed by atoms with Gasteiger partial charge in [-0.15, -0.1) is 0 Å². The zero-order chi connectivity index (χ0) is 24.6. The number of carbonyl (C=O) groups is 1. The van der Waals surface area contributed by atoms with E-state index in [1.807, 2.05) is 18.2 Å². The highest BCUT2D eigenvalue weighted by Gasteiger charge is 2.08. The fraction of sp³-hybridized carbons (Fsp3) is 0.179. The molecule has 1 heterocycles. The number of hydrogen-bond donors (Lipinski definition) is 2. The van der Waals surface area contributed by atoms with E-state index < -0.39 is 0 Å². The second-order valence-electron chi connectivity index (χ2n) is 8.03. The number of nitrogens with one attached hydrogen (secondary N) is 2. The molecule has 0 aliphatic rings. The quantitative estimate of drug-likeness (QED) is 0.324. The van der Waals surface area contributed by atoms with Crippen LogP contribution in [-0.4, -0.2) is 29.0 Å². The molecule has 0 atom stereocenters. The summed E-state index contributed by atoms with van der Waals surface area (Å²) in [4.78, 5) is 23.6. The van der Waals surface area contributed by atoms with Crippen molar-refractivity contribution in [2.24, 2.45) is 0 Å². The van der Waals surface area contributed by atoms with E-state index in [0.29, 0.717) is 34.9 Å². The highest BCUT2D eigenvalue weighted by Crippen LogP contribution is 2.21. The Bertz CT molecular complexity index is 1270. The highest BCUT2D eigenvalue weighted by molar-refractivity contribution is 5.95.